The van der Waals surface area contributed by atoms with Crippen molar-refractivity contribution in [1.29, 1.82) is 0 Å². The summed E-state index contributed by atoms with van der Waals surface area (Å²) in [4.78, 5) is 0. The van der Waals surface area contributed by atoms with E-state index in [4.69, 9.17) is 5.73 Å². The molecule has 0 bridgehead atoms. The molecule has 0 unspecified atom stereocenters. The van der Waals surface area contributed by atoms with Crippen LogP contribution in [-0.4, -0.2) is 5.11 Å². The number of halogens is 2. The standard InChI is InChI=1S/C10H7F2NO/c11-7-2-1-5-3-6(14)4-8(13)9(5)10(7)12/h1-4,14H,13H2. The van der Waals surface area contributed by atoms with E-state index in [1.165, 1.54) is 18.2 Å². The molecule has 0 aliphatic heterocycles. The summed E-state index contributed by atoms with van der Waals surface area (Å²) >= 11 is 0. The van der Waals surface area contributed by atoms with Gasteiger partial charge in [0.25, 0.3) is 0 Å². The molecule has 0 aliphatic rings. The average Bonchev–Trinajstić information content (AvgIpc) is 2.10. The molecule has 0 atom stereocenters. The Kier molecular flexibility index (Phi) is 1.77. The second-order valence-electron chi connectivity index (χ2n) is 2.99. The minimum atomic E-state index is -0.986. The number of phenols is 1. The lowest BCUT2D eigenvalue weighted by Crippen LogP contribution is -1.92. The third-order valence-corrected chi connectivity index (χ3v) is 2.02. The normalized spacial score (nSPS) is 10.7. The zero-order valence-electron chi connectivity index (χ0n) is 7.09. The average molecular weight is 195 g/mol. The highest BCUT2D eigenvalue weighted by Crippen LogP contribution is 2.29. The topological polar surface area (TPSA) is 46.2 Å². The van der Waals surface area contributed by atoms with Crippen LogP contribution in [0.4, 0.5) is 14.5 Å². The summed E-state index contributed by atoms with van der Waals surface area (Å²) in [6.07, 6.45) is 0. The largest absolute Gasteiger partial charge is 0.508 e. The summed E-state index contributed by atoms with van der Waals surface area (Å²) in [5, 5.41) is 9.55. The zero-order valence-corrected chi connectivity index (χ0v) is 7.09. The fraction of sp³-hybridized carbons (Fsp3) is 0. The van der Waals surface area contributed by atoms with Crippen molar-refractivity contribution in [2.45, 2.75) is 0 Å². The van der Waals surface area contributed by atoms with E-state index in [1.54, 1.807) is 0 Å². The smallest absolute Gasteiger partial charge is 0.168 e. The first-order valence-electron chi connectivity index (χ1n) is 3.96. The summed E-state index contributed by atoms with van der Waals surface area (Å²) in [6.45, 7) is 0. The van der Waals surface area contributed by atoms with Gasteiger partial charge in [-0.2, -0.15) is 0 Å². The van der Waals surface area contributed by atoms with E-state index in [9.17, 15) is 13.9 Å². The van der Waals surface area contributed by atoms with Crippen LogP contribution in [0.15, 0.2) is 24.3 Å². The number of hydrogen-bond acceptors (Lipinski definition) is 2. The van der Waals surface area contributed by atoms with Gasteiger partial charge >= 0.3 is 0 Å². The molecule has 14 heavy (non-hydrogen) atoms. The predicted molar refractivity (Wildman–Crippen MR) is 49.9 cm³/mol. The van der Waals surface area contributed by atoms with Crippen molar-refractivity contribution in [1.82, 2.24) is 0 Å². The molecule has 2 nitrogen and oxygen atoms in total. The lowest BCUT2D eigenvalue weighted by molar-refractivity contribution is 0.476. The second kappa shape index (κ2) is 2.83. The molecule has 2 aromatic carbocycles. The highest BCUT2D eigenvalue weighted by Gasteiger charge is 2.10. The van der Waals surface area contributed by atoms with Crippen molar-refractivity contribution in [2.75, 3.05) is 5.73 Å². The molecule has 4 heteroatoms. The minimum absolute atomic E-state index is 0.00259. The number of fused-ring (bicyclic) bond motifs is 1. The Morgan fingerprint density at radius 1 is 1.14 bits per heavy atom. The zero-order chi connectivity index (χ0) is 10.3. The van der Waals surface area contributed by atoms with Crippen LogP contribution < -0.4 is 5.73 Å². The number of anilines is 1. The van der Waals surface area contributed by atoms with Gasteiger partial charge in [0.15, 0.2) is 11.6 Å². The van der Waals surface area contributed by atoms with Crippen LogP contribution in [0.25, 0.3) is 10.8 Å². The Bertz CT molecular complexity index is 511. The number of rotatable bonds is 0. The van der Waals surface area contributed by atoms with Gasteiger partial charge < -0.3 is 10.8 Å². The Balaban J connectivity index is 2.95. The maximum atomic E-state index is 13.3. The van der Waals surface area contributed by atoms with E-state index in [1.807, 2.05) is 0 Å². The van der Waals surface area contributed by atoms with Gasteiger partial charge in [-0.3, -0.25) is 0 Å². The summed E-state index contributed by atoms with van der Waals surface area (Å²) in [5.41, 5.74) is 5.49. The van der Waals surface area contributed by atoms with Crippen molar-refractivity contribution < 1.29 is 13.9 Å². The molecule has 0 saturated carbocycles. The molecular weight excluding hydrogens is 188 g/mol. The van der Waals surface area contributed by atoms with Gasteiger partial charge in [-0.15, -0.1) is 0 Å². The number of benzene rings is 2. The Morgan fingerprint density at radius 3 is 2.57 bits per heavy atom. The van der Waals surface area contributed by atoms with Crippen LogP contribution in [0.5, 0.6) is 5.75 Å². The Morgan fingerprint density at radius 2 is 1.86 bits per heavy atom. The van der Waals surface area contributed by atoms with Gasteiger partial charge in [0.1, 0.15) is 5.75 Å². The molecule has 2 rings (SSSR count). The number of nitrogens with two attached hydrogens (primary N) is 1. The van der Waals surface area contributed by atoms with E-state index in [0.29, 0.717) is 5.39 Å². The third-order valence-electron chi connectivity index (χ3n) is 2.02. The van der Waals surface area contributed by atoms with Gasteiger partial charge in [-0.25, -0.2) is 8.78 Å². The number of aromatic hydroxyl groups is 1. The molecule has 3 N–H and O–H groups in total. The van der Waals surface area contributed by atoms with Crippen molar-refractivity contribution in [3.63, 3.8) is 0 Å². The monoisotopic (exact) mass is 195 g/mol. The van der Waals surface area contributed by atoms with Crippen LogP contribution in [-0.2, 0) is 0 Å². The number of phenolic OH excluding ortho intramolecular Hbond substituents is 1. The van der Waals surface area contributed by atoms with Crippen LogP contribution >= 0.6 is 0 Å². The van der Waals surface area contributed by atoms with E-state index >= 15 is 0 Å². The molecule has 0 saturated heterocycles. The molecule has 0 radical (unpaired) electrons. The molecule has 0 fully saturated rings. The molecule has 0 spiro atoms. The molecular formula is C10H7F2NO. The van der Waals surface area contributed by atoms with Gasteiger partial charge in [-0.1, -0.05) is 6.07 Å². The van der Waals surface area contributed by atoms with Crippen molar-refractivity contribution in [3.05, 3.63) is 35.9 Å². The fourth-order valence-corrected chi connectivity index (χ4v) is 1.41. The van der Waals surface area contributed by atoms with Crippen LogP contribution in [0.3, 0.4) is 0 Å². The van der Waals surface area contributed by atoms with Crippen molar-refractivity contribution in [3.8, 4) is 5.75 Å². The maximum absolute atomic E-state index is 13.3. The van der Waals surface area contributed by atoms with E-state index in [-0.39, 0.29) is 16.8 Å². The first kappa shape index (κ1) is 8.74. The SMILES string of the molecule is Nc1cc(O)cc2ccc(F)c(F)c12. The summed E-state index contributed by atoms with van der Waals surface area (Å²) in [6, 6.07) is 4.87. The number of nitrogen functional groups attached to an aromatic ring is 1. The predicted octanol–water partition coefficient (Wildman–Crippen LogP) is 2.41. The second-order valence-corrected chi connectivity index (χ2v) is 2.99. The lowest BCUT2D eigenvalue weighted by atomic mass is 10.1. The first-order chi connectivity index (χ1) is 6.59. The molecule has 72 valence electrons. The molecule has 0 aromatic heterocycles. The lowest BCUT2D eigenvalue weighted by Gasteiger charge is -2.04. The summed E-state index contributed by atoms with van der Waals surface area (Å²) < 4.78 is 26.1. The van der Waals surface area contributed by atoms with E-state index in [2.05, 4.69) is 0 Å². The van der Waals surface area contributed by atoms with E-state index in [0.717, 1.165) is 6.07 Å². The minimum Gasteiger partial charge on any atom is -0.508 e. The molecule has 2 aromatic rings. The van der Waals surface area contributed by atoms with Crippen molar-refractivity contribution >= 4 is 16.5 Å². The Labute approximate surface area is 78.6 Å². The quantitative estimate of drug-likeness (QED) is 0.634. The summed E-state index contributed by atoms with van der Waals surface area (Å²) in [5.74, 6) is -2.00. The van der Waals surface area contributed by atoms with Gasteiger partial charge in [0, 0.05) is 17.1 Å². The first-order valence-corrected chi connectivity index (χ1v) is 3.96. The number of hydrogen-bond donors (Lipinski definition) is 2. The van der Waals surface area contributed by atoms with E-state index < -0.39 is 11.6 Å². The van der Waals surface area contributed by atoms with Crippen LogP contribution in [0.2, 0.25) is 0 Å². The van der Waals surface area contributed by atoms with Crippen molar-refractivity contribution in [2.24, 2.45) is 0 Å². The fourth-order valence-electron chi connectivity index (χ4n) is 1.41. The van der Waals surface area contributed by atoms with Gasteiger partial charge in [-0.05, 0) is 17.5 Å². The highest BCUT2D eigenvalue weighted by atomic mass is 19.2. The molecule has 0 amide bonds. The maximum Gasteiger partial charge on any atom is 0.168 e. The molecule has 0 heterocycles. The van der Waals surface area contributed by atoms with Crippen LogP contribution in [0, 0.1) is 11.6 Å². The summed E-state index contributed by atoms with van der Waals surface area (Å²) in [7, 11) is 0. The third kappa shape index (κ3) is 1.16. The molecule has 0 aliphatic carbocycles. The van der Waals surface area contributed by atoms with Gasteiger partial charge in [0.2, 0.25) is 0 Å². The van der Waals surface area contributed by atoms with Gasteiger partial charge in [0.05, 0.1) is 0 Å². The van der Waals surface area contributed by atoms with Crippen LogP contribution in [0.1, 0.15) is 0 Å². The Hall–Kier alpha value is -1.84. The highest BCUT2D eigenvalue weighted by molar-refractivity contribution is 5.94.